The molecule has 4 rings (SSSR count). The average Bonchev–Trinajstić information content (AvgIpc) is 3.21. The maximum Gasteiger partial charge on any atom is 0.243 e. The Labute approximate surface area is 170 Å². The van der Waals surface area contributed by atoms with E-state index in [1.54, 1.807) is 46.2 Å². The van der Waals surface area contributed by atoms with E-state index >= 15 is 0 Å². The number of hydrogen-bond acceptors (Lipinski definition) is 5. The van der Waals surface area contributed by atoms with E-state index < -0.39 is 10.0 Å². The van der Waals surface area contributed by atoms with E-state index in [0.29, 0.717) is 17.9 Å². The van der Waals surface area contributed by atoms with Crippen molar-refractivity contribution in [3.63, 3.8) is 0 Å². The van der Waals surface area contributed by atoms with Gasteiger partial charge in [0.25, 0.3) is 0 Å². The zero-order valence-corrected chi connectivity index (χ0v) is 17.3. The number of fused-ring (bicyclic) bond motifs is 1. The summed E-state index contributed by atoms with van der Waals surface area (Å²) in [6.07, 6.45) is 7.58. The SMILES string of the molecule is NC1CCCC(N(CCc2ccsc2)S(=O)(=O)c2cccc3cnccc23)C1. The summed E-state index contributed by atoms with van der Waals surface area (Å²) in [6, 6.07) is 9.25. The van der Waals surface area contributed by atoms with Crippen LogP contribution in [0.15, 0.2) is 58.4 Å². The first kappa shape index (κ1) is 19.5. The van der Waals surface area contributed by atoms with Gasteiger partial charge in [0.05, 0.1) is 4.90 Å². The average molecular weight is 416 g/mol. The number of benzene rings is 1. The fraction of sp³-hybridized carbons (Fsp3) is 0.381. The molecule has 0 aliphatic heterocycles. The van der Waals surface area contributed by atoms with Gasteiger partial charge in [-0.2, -0.15) is 15.6 Å². The van der Waals surface area contributed by atoms with E-state index in [4.69, 9.17) is 5.73 Å². The minimum Gasteiger partial charge on any atom is -0.328 e. The van der Waals surface area contributed by atoms with Crippen LogP contribution in [0.2, 0.25) is 0 Å². The van der Waals surface area contributed by atoms with Crippen molar-refractivity contribution in [3.05, 3.63) is 59.0 Å². The van der Waals surface area contributed by atoms with Crippen LogP contribution in [0, 0.1) is 0 Å². The zero-order valence-electron chi connectivity index (χ0n) is 15.7. The van der Waals surface area contributed by atoms with E-state index in [9.17, 15) is 8.42 Å². The maximum absolute atomic E-state index is 13.8. The van der Waals surface area contributed by atoms with E-state index in [-0.39, 0.29) is 12.1 Å². The molecule has 0 radical (unpaired) electrons. The summed E-state index contributed by atoms with van der Waals surface area (Å²) in [7, 11) is -3.65. The highest BCUT2D eigenvalue weighted by Crippen LogP contribution is 2.31. The first-order valence-electron chi connectivity index (χ1n) is 9.67. The summed E-state index contributed by atoms with van der Waals surface area (Å²) < 4.78 is 29.3. The van der Waals surface area contributed by atoms with Crippen LogP contribution in [-0.4, -0.2) is 36.3 Å². The normalized spacial score (nSPS) is 20.6. The van der Waals surface area contributed by atoms with Gasteiger partial charge in [0.15, 0.2) is 0 Å². The number of pyridine rings is 1. The van der Waals surface area contributed by atoms with Crippen LogP contribution in [0.4, 0.5) is 0 Å². The second-order valence-corrected chi connectivity index (χ2v) is 10.1. The van der Waals surface area contributed by atoms with Gasteiger partial charge < -0.3 is 5.73 Å². The Hall–Kier alpha value is -1.80. The molecule has 2 N–H and O–H groups in total. The standard InChI is InChI=1S/C21H25N3O2S2/c22-18-4-2-5-19(13-18)24(11-8-16-9-12-27-15-16)28(25,26)21-6-1-3-17-14-23-10-7-20(17)21/h1,3,6-7,9-10,12,14-15,18-19H,2,4-5,8,11,13,22H2. The third kappa shape index (κ3) is 3.98. The van der Waals surface area contributed by atoms with Crippen LogP contribution in [0.5, 0.6) is 0 Å². The van der Waals surface area contributed by atoms with Crippen molar-refractivity contribution in [1.29, 1.82) is 0 Å². The van der Waals surface area contributed by atoms with Gasteiger partial charge in [-0.1, -0.05) is 18.6 Å². The molecule has 3 aromatic rings. The molecule has 1 aliphatic rings. The zero-order chi connectivity index (χ0) is 19.6. The predicted octanol–water partition coefficient (Wildman–Crippen LogP) is 3.80. The Morgan fingerprint density at radius 2 is 2.11 bits per heavy atom. The van der Waals surface area contributed by atoms with Gasteiger partial charge >= 0.3 is 0 Å². The molecule has 1 aromatic carbocycles. The molecule has 0 saturated heterocycles. The Bertz CT molecular complexity index is 1030. The second kappa shape index (κ2) is 8.29. The largest absolute Gasteiger partial charge is 0.328 e. The highest BCUT2D eigenvalue weighted by Gasteiger charge is 2.34. The molecular formula is C21H25N3O2S2. The Morgan fingerprint density at radius 3 is 2.89 bits per heavy atom. The van der Waals surface area contributed by atoms with E-state index in [0.717, 1.165) is 36.5 Å². The van der Waals surface area contributed by atoms with Gasteiger partial charge in [-0.05, 0) is 60.2 Å². The fourth-order valence-corrected chi connectivity index (χ4v) is 6.67. The first-order chi connectivity index (χ1) is 13.6. The summed E-state index contributed by atoms with van der Waals surface area (Å²) in [5.74, 6) is 0. The lowest BCUT2D eigenvalue weighted by atomic mass is 9.91. The van der Waals surface area contributed by atoms with Gasteiger partial charge in [-0.15, -0.1) is 0 Å². The van der Waals surface area contributed by atoms with Crippen molar-refractivity contribution in [2.75, 3.05) is 6.54 Å². The molecule has 0 spiro atoms. The number of nitrogens with zero attached hydrogens (tertiary/aromatic N) is 2. The summed E-state index contributed by atoms with van der Waals surface area (Å²) in [5, 5.41) is 5.67. The predicted molar refractivity (Wildman–Crippen MR) is 114 cm³/mol. The lowest BCUT2D eigenvalue weighted by molar-refractivity contribution is 0.239. The molecule has 5 nitrogen and oxygen atoms in total. The lowest BCUT2D eigenvalue weighted by Crippen LogP contribution is -2.46. The molecule has 2 atom stereocenters. The molecule has 1 aliphatic carbocycles. The second-order valence-electron chi connectivity index (χ2n) is 7.43. The molecule has 2 aromatic heterocycles. The molecule has 28 heavy (non-hydrogen) atoms. The van der Waals surface area contributed by atoms with Crippen molar-refractivity contribution >= 4 is 32.1 Å². The number of aromatic nitrogens is 1. The van der Waals surface area contributed by atoms with Crippen molar-refractivity contribution < 1.29 is 8.42 Å². The Balaban J connectivity index is 1.72. The number of sulfonamides is 1. The molecular weight excluding hydrogens is 390 g/mol. The summed E-state index contributed by atoms with van der Waals surface area (Å²) >= 11 is 1.64. The van der Waals surface area contributed by atoms with Crippen LogP contribution in [0.25, 0.3) is 10.8 Å². The van der Waals surface area contributed by atoms with Gasteiger partial charge in [0, 0.05) is 41.8 Å². The number of rotatable bonds is 6. The van der Waals surface area contributed by atoms with E-state index in [1.807, 2.05) is 11.4 Å². The fourth-order valence-electron chi connectivity index (χ4n) is 4.08. The van der Waals surface area contributed by atoms with Gasteiger partial charge in [0.2, 0.25) is 10.0 Å². The third-order valence-corrected chi connectivity index (χ3v) is 8.26. The minimum atomic E-state index is -3.65. The summed E-state index contributed by atoms with van der Waals surface area (Å²) in [5.41, 5.74) is 7.37. The van der Waals surface area contributed by atoms with Gasteiger partial charge in [-0.25, -0.2) is 8.42 Å². The van der Waals surface area contributed by atoms with E-state index in [2.05, 4.69) is 16.4 Å². The molecule has 1 saturated carbocycles. The smallest absolute Gasteiger partial charge is 0.243 e. The highest BCUT2D eigenvalue weighted by molar-refractivity contribution is 7.89. The Kier molecular flexibility index (Phi) is 5.78. The molecule has 148 valence electrons. The van der Waals surface area contributed by atoms with E-state index in [1.165, 1.54) is 5.56 Å². The maximum atomic E-state index is 13.8. The Morgan fingerprint density at radius 1 is 1.21 bits per heavy atom. The van der Waals surface area contributed by atoms with Crippen molar-refractivity contribution in [3.8, 4) is 0 Å². The quantitative estimate of drug-likeness (QED) is 0.664. The van der Waals surface area contributed by atoms with Gasteiger partial charge in [0.1, 0.15) is 0 Å². The molecule has 0 amide bonds. The number of thiophene rings is 1. The number of nitrogens with two attached hydrogens (primary N) is 1. The molecule has 2 unspecified atom stereocenters. The van der Waals surface area contributed by atoms with Crippen LogP contribution >= 0.6 is 11.3 Å². The van der Waals surface area contributed by atoms with Crippen LogP contribution < -0.4 is 5.73 Å². The lowest BCUT2D eigenvalue weighted by Gasteiger charge is -2.36. The monoisotopic (exact) mass is 415 g/mol. The molecule has 1 fully saturated rings. The van der Waals surface area contributed by atoms with Crippen molar-refractivity contribution in [2.24, 2.45) is 5.73 Å². The van der Waals surface area contributed by atoms with Crippen LogP contribution in [0.3, 0.4) is 0 Å². The first-order valence-corrected chi connectivity index (χ1v) is 12.1. The topological polar surface area (TPSA) is 76.3 Å². The summed E-state index contributed by atoms with van der Waals surface area (Å²) in [6.45, 7) is 0.470. The number of hydrogen-bond donors (Lipinski definition) is 1. The molecule has 7 heteroatoms. The van der Waals surface area contributed by atoms with Gasteiger partial charge in [-0.3, -0.25) is 4.98 Å². The van der Waals surface area contributed by atoms with Crippen LogP contribution in [0.1, 0.15) is 31.2 Å². The van der Waals surface area contributed by atoms with Crippen LogP contribution in [-0.2, 0) is 16.4 Å². The third-order valence-electron chi connectivity index (χ3n) is 5.52. The van der Waals surface area contributed by atoms with Crippen molar-refractivity contribution in [1.82, 2.24) is 9.29 Å². The molecule has 0 bridgehead atoms. The summed E-state index contributed by atoms with van der Waals surface area (Å²) in [4.78, 5) is 4.49. The van der Waals surface area contributed by atoms with Crippen molar-refractivity contribution in [2.45, 2.75) is 49.1 Å². The molecule has 2 heterocycles. The minimum absolute atomic E-state index is 0.0514. The highest BCUT2D eigenvalue weighted by atomic mass is 32.2.